The molecule has 7 nitrogen and oxygen atoms in total. The number of nitrogens with one attached hydrogen (secondary N) is 1. The zero-order valence-electron chi connectivity index (χ0n) is 14.8. The minimum absolute atomic E-state index is 0.400. The van der Waals surface area contributed by atoms with E-state index in [0.29, 0.717) is 18.3 Å². The van der Waals surface area contributed by atoms with Crippen molar-refractivity contribution in [3.8, 4) is 11.5 Å². The van der Waals surface area contributed by atoms with Crippen LogP contribution in [-0.2, 0) is 6.42 Å². The van der Waals surface area contributed by atoms with Gasteiger partial charge >= 0.3 is 0 Å². The van der Waals surface area contributed by atoms with Gasteiger partial charge in [0.25, 0.3) is 0 Å². The zero-order chi connectivity index (χ0) is 18.1. The van der Waals surface area contributed by atoms with E-state index in [4.69, 9.17) is 0 Å². The number of anilines is 1. The molecule has 0 radical (unpaired) electrons. The molecule has 0 aromatic carbocycles. The summed E-state index contributed by atoms with van der Waals surface area (Å²) in [6, 6.07) is 4.55. The van der Waals surface area contributed by atoms with Gasteiger partial charge in [-0.05, 0) is 37.5 Å². The molecule has 0 bridgehead atoms. The van der Waals surface area contributed by atoms with Crippen LogP contribution >= 0.6 is 11.5 Å². The Morgan fingerprint density at radius 1 is 1.19 bits per heavy atom. The number of aromatic nitrogens is 6. The van der Waals surface area contributed by atoms with Crippen molar-refractivity contribution < 1.29 is 0 Å². The predicted octanol–water partition coefficient (Wildman–Crippen LogP) is 3.56. The van der Waals surface area contributed by atoms with Gasteiger partial charge in [0, 0.05) is 43.5 Å². The summed E-state index contributed by atoms with van der Waals surface area (Å²) >= 11 is 1.37. The average molecular weight is 365 g/mol. The molecule has 8 heteroatoms. The standard InChI is InChI=1S/C18H19N7S/c1-11(2)25-7-4-12-8-13(22-10-15(12)25)18-23-16(26-24-18)9-14-17(19-3)21-6-5-20-14/h4-8,10-11H,9H2,1-3H3,(H,19,21). The van der Waals surface area contributed by atoms with Crippen LogP contribution in [0.15, 0.2) is 36.9 Å². The van der Waals surface area contributed by atoms with Crippen LogP contribution in [0.25, 0.3) is 22.4 Å². The first-order chi connectivity index (χ1) is 12.7. The Labute approximate surface area is 155 Å². The normalized spacial score (nSPS) is 11.4. The van der Waals surface area contributed by atoms with Crippen LogP contribution in [0.1, 0.15) is 30.6 Å². The lowest BCUT2D eigenvalue weighted by atomic mass is 10.2. The van der Waals surface area contributed by atoms with E-state index in [0.717, 1.165) is 33.1 Å². The van der Waals surface area contributed by atoms with Gasteiger partial charge in [-0.15, -0.1) is 0 Å². The van der Waals surface area contributed by atoms with Gasteiger partial charge in [0.1, 0.15) is 16.5 Å². The highest BCUT2D eigenvalue weighted by Crippen LogP contribution is 2.25. The van der Waals surface area contributed by atoms with Crippen LogP contribution in [0.4, 0.5) is 5.82 Å². The van der Waals surface area contributed by atoms with Crippen molar-refractivity contribution in [3.05, 3.63) is 47.6 Å². The van der Waals surface area contributed by atoms with Crippen molar-refractivity contribution in [2.24, 2.45) is 0 Å². The lowest BCUT2D eigenvalue weighted by Gasteiger charge is -2.08. The monoisotopic (exact) mass is 365 g/mol. The zero-order valence-corrected chi connectivity index (χ0v) is 15.7. The molecule has 4 aromatic heterocycles. The number of rotatable bonds is 5. The Bertz CT molecular complexity index is 1050. The number of hydrogen-bond donors (Lipinski definition) is 1. The summed E-state index contributed by atoms with van der Waals surface area (Å²) in [4.78, 5) is 17.9. The Hall–Kier alpha value is -2.87. The topological polar surface area (TPSA) is 81.4 Å². The van der Waals surface area contributed by atoms with E-state index in [1.54, 1.807) is 12.4 Å². The maximum absolute atomic E-state index is 4.64. The third-order valence-corrected chi connectivity index (χ3v) is 4.90. The molecule has 0 aliphatic carbocycles. The molecule has 4 heterocycles. The second-order valence-corrected chi connectivity index (χ2v) is 7.07. The molecule has 132 valence electrons. The second-order valence-electron chi connectivity index (χ2n) is 6.24. The molecule has 0 saturated heterocycles. The lowest BCUT2D eigenvalue weighted by molar-refractivity contribution is 0.622. The van der Waals surface area contributed by atoms with Crippen LogP contribution in [0.2, 0.25) is 0 Å². The van der Waals surface area contributed by atoms with E-state index in [1.807, 2.05) is 19.3 Å². The van der Waals surface area contributed by atoms with Gasteiger partial charge in [-0.1, -0.05) is 0 Å². The molecule has 4 rings (SSSR count). The Morgan fingerprint density at radius 3 is 2.85 bits per heavy atom. The summed E-state index contributed by atoms with van der Waals surface area (Å²) in [5.41, 5.74) is 2.77. The molecule has 0 amide bonds. The highest BCUT2D eigenvalue weighted by atomic mass is 32.1. The highest BCUT2D eigenvalue weighted by Gasteiger charge is 2.13. The fourth-order valence-electron chi connectivity index (χ4n) is 2.91. The molecule has 0 aliphatic heterocycles. The molecule has 0 atom stereocenters. The quantitative estimate of drug-likeness (QED) is 0.582. The Balaban J connectivity index is 1.62. The van der Waals surface area contributed by atoms with Crippen LogP contribution in [0.3, 0.4) is 0 Å². The van der Waals surface area contributed by atoms with Gasteiger partial charge in [-0.3, -0.25) is 9.97 Å². The summed E-state index contributed by atoms with van der Waals surface area (Å²) in [7, 11) is 1.83. The van der Waals surface area contributed by atoms with E-state index in [2.05, 4.69) is 60.3 Å². The third-order valence-electron chi connectivity index (χ3n) is 4.19. The van der Waals surface area contributed by atoms with Crippen molar-refractivity contribution in [1.29, 1.82) is 0 Å². The van der Waals surface area contributed by atoms with Crippen molar-refractivity contribution >= 4 is 28.3 Å². The molecule has 0 aliphatic rings. The number of hydrogen-bond acceptors (Lipinski definition) is 7. The molecule has 26 heavy (non-hydrogen) atoms. The molecule has 0 fully saturated rings. The predicted molar refractivity (Wildman–Crippen MR) is 103 cm³/mol. The molecule has 0 saturated carbocycles. The molecule has 0 spiro atoms. The average Bonchev–Trinajstić information content (AvgIpc) is 3.28. The summed E-state index contributed by atoms with van der Waals surface area (Å²) in [5.74, 6) is 1.41. The van der Waals surface area contributed by atoms with E-state index in [9.17, 15) is 0 Å². The van der Waals surface area contributed by atoms with E-state index in [1.165, 1.54) is 11.5 Å². The first kappa shape index (κ1) is 16.6. The van der Waals surface area contributed by atoms with E-state index < -0.39 is 0 Å². The molecule has 4 aromatic rings. The minimum Gasteiger partial charge on any atom is -0.372 e. The number of nitrogens with zero attached hydrogens (tertiary/aromatic N) is 6. The van der Waals surface area contributed by atoms with E-state index in [-0.39, 0.29) is 0 Å². The van der Waals surface area contributed by atoms with Gasteiger partial charge in [0.2, 0.25) is 0 Å². The summed E-state index contributed by atoms with van der Waals surface area (Å²) < 4.78 is 6.69. The third kappa shape index (κ3) is 3.03. The van der Waals surface area contributed by atoms with Gasteiger partial charge in [-0.2, -0.15) is 4.37 Å². The Morgan fingerprint density at radius 2 is 2.04 bits per heavy atom. The lowest BCUT2D eigenvalue weighted by Crippen LogP contribution is -2.01. The summed E-state index contributed by atoms with van der Waals surface area (Å²) in [5, 5.41) is 5.09. The fourth-order valence-corrected chi connectivity index (χ4v) is 3.56. The van der Waals surface area contributed by atoms with Crippen LogP contribution in [0, 0.1) is 0 Å². The van der Waals surface area contributed by atoms with Crippen LogP contribution in [-0.4, -0.2) is 35.9 Å². The van der Waals surface area contributed by atoms with Gasteiger partial charge in [0.05, 0.1) is 17.4 Å². The van der Waals surface area contributed by atoms with Crippen molar-refractivity contribution in [2.75, 3.05) is 12.4 Å². The van der Waals surface area contributed by atoms with E-state index >= 15 is 0 Å². The smallest absolute Gasteiger partial charge is 0.191 e. The number of pyridine rings is 1. The SMILES string of the molecule is CNc1nccnc1Cc1nc(-c2cc3ccn(C(C)C)c3cn2)ns1. The van der Waals surface area contributed by atoms with Gasteiger partial charge < -0.3 is 9.88 Å². The maximum Gasteiger partial charge on any atom is 0.191 e. The van der Waals surface area contributed by atoms with Crippen molar-refractivity contribution in [1.82, 2.24) is 28.9 Å². The number of fused-ring (bicyclic) bond motifs is 1. The fraction of sp³-hybridized carbons (Fsp3) is 0.278. The molecular formula is C18H19N7S. The first-order valence-electron chi connectivity index (χ1n) is 8.43. The highest BCUT2D eigenvalue weighted by molar-refractivity contribution is 7.05. The summed E-state index contributed by atoms with van der Waals surface area (Å²) in [6.45, 7) is 4.32. The first-order valence-corrected chi connectivity index (χ1v) is 9.20. The summed E-state index contributed by atoms with van der Waals surface area (Å²) in [6.07, 6.45) is 7.94. The van der Waals surface area contributed by atoms with Crippen molar-refractivity contribution in [3.63, 3.8) is 0 Å². The van der Waals surface area contributed by atoms with Gasteiger partial charge in [0.15, 0.2) is 5.82 Å². The maximum atomic E-state index is 4.64. The van der Waals surface area contributed by atoms with Crippen molar-refractivity contribution in [2.45, 2.75) is 26.3 Å². The second kappa shape index (κ2) is 6.80. The van der Waals surface area contributed by atoms with Crippen LogP contribution < -0.4 is 5.32 Å². The Kier molecular flexibility index (Phi) is 4.34. The molecular weight excluding hydrogens is 346 g/mol. The molecule has 1 N–H and O–H groups in total. The largest absolute Gasteiger partial charge is 0.372 e. The molecule has 0 unspecified atom stereocenters. The van der Waals surface area contributed by atoms with Crippen LogP contribution in [0.5, 0.6) is 0 Å². The van der Waals surface area contributed by atoms with Gasteiger partial charge in [-0.25, -0.2) is 9.97 Å². The minimum atomic E-state index is 0.400.